The minimum atomic E-state index is -4.30. The maximum Gasteiger partial charge on any atom is 0.410 e. The number of nitrogens with one attached hydrogen (secondary N) is 1. The fraction of sp³-hybridized carbons (Fsp3) is 0.590. The van der Waals surface area contributed by atoms with E-state index >= 15 is 0 Å². The SMILES string of the molecule is C=C1OC[C@]2(CCCc3cc(Cl)ccc32)CN2C[C@@H]3CC[C@H]3[C@@H](OC(=O)N3CC[C@@H](OCC)C3)/C=C/COC(C)(C)C(=O)NS(=O)(=O)/C(=C/C)C=C12. The van der Waals surface area contributed by atoms with Gasteiger partial charge in [0.2, 0.25) is 0 Å². The minimum absolute atomic E-state index is 0.00767. The third kappa shape index (κ3) is 8.10. The fourth-order valence-corrected chi connectivity index (χ4v) is 9.57. The Morgan fingerprint density at radius 2 is 2.02 bits per heavy atom. The fourth-order valence-electron chi connectivity index (χ4n) is 8.19. The second kappa shape index (κ2) is 15.6. The van der Waals surface area contributed by atoms with Crippen molar-refractivity contribution in [1.82, 2.24) is 14.5 Å². The molecule has 1 aromatic rings. The van der Waals surface area contributed by atoms with Crippen LogP contribution in [0.3, 0.4) is 0 Å². The molecule has 1 aromatic carbocycles. The second-order valence-corrected chi connectivity index (χ2v) is 17.2. The van der Waals surface area contributed by atoms with Crippen LogP contribution in [0.5, 0.6) is 0 Å². The molecule has 0 bridgehead atoms. The monoisotopic (exact) mass is 757 g/mol. The molecule has 1 N–H and O–H groups in total. The lowest BCUT2D eigenvalue weighted by atomic mass is 9.68. The first kappa shape index (κ1) is 38.4. The molecule has 284 valence electrons. The highest BCUT2D eigenvalue weighted by Gasteiger charge is 2.46. The molecule has 2 amide bonds. The van der Waals surface area contributed by atoms with Gasteiger partial charge in [0.25, 0.3) is 15.9 Å². The van der Waals surface area contributed by atoms with Crippen LogP contribution in [-0.2, 0) is 45.6 Å². The van der Waals surface area contributed by atoms with Gasteiger partial charge in [-0.15, -0.1) is 0 Å². The lowest BCUT2D eigenvalue weighted by molar-refractivity contribution is -0.139. The molecule has 3 fully saturated rings. The normalized spacial score (nSPS) is 31.9. The van der Waals surface area contributed by atoms with Crippen LogP contribution >= 0.6 is 11.6 Å². The van der Waals surface area contributed by atoms with Gasteiger partial charge >= 0.3 is 6.09 Å². The number of sulfonamides is 1. The molecule has 1 saturated carbocycles. The number of rotatable bonds is 3. The van der Waals surface area contributed by atoms with Crippen molar-refractivity contribution in [3.05, 3.63) is 81.6 Å². The Morgan fingerprint density at radius 1 is 1.21 bits per heavy atom. The number of likely N-dealkylation sites (tertiary alicyclic amines) is 1. The second-order valence-electron chi connectivity index (χ2n) is 15.1. The lowest BCUT2D eigenvalue weighted by Crippen LogP contribution is -2.49. The van der Waals surface area contributed by atoms with Crippen molar-refractivity contribution >= 4 is 33.6 Å². The Bertz CT molecular complexity index is 1760. The largest absolute Gasteiger partial charge is 0.491 e. The van der Waals surface area contributed by atoms with Crippen LogP contribution < -0.4 is 4.72 Å². The Labute approximate surface area is 313 Å². The molecule has 0 aromatic heterocycles. The maximum atomic E-state index is 13.7. The van der Waals surface area contributed by atoms with Crippen molar-refractivity contribution in [2.75, 3.05) is 46.0 Å². The number of halogens is 1. The van der Waals surface area contributed by atoms with Gasteiger partial charge in [0.05, 0.1) is 36.5 Å². The average Bonchev–Trinajstić information content (AvgIpc) is 3.51. The van der Waals surface area contributed by atoms with Crippen molar-refractivity contribution in [1.29, 1.82) is 0 Å². The van der Waals surface area contributed by atoms with Gasteiger partial charge in [-0.1, -0.05) is 36.4 Å². The van der Waals surface area contributed by atoms with Gasteiger partial charge < -0.3 is 28.7 Å². The summed E-state index contributed by atoms with van der Waals surface area (Å²) in [5.41, 5.74) is 1.00. The summed E-state index contributed by atoms with van der Waals surface area (Å²) in [6.07, 6.45) is 10.9. The van der Waals surface area contributed by atoms with Crippen LogP contribution in [0, 0.1) is 11.8 Å². The third-order valence-corrected chi connectivity index (χ3v) is 13.0. The van der Waals surface area contributed by atoms with Crippen molar-refractivity contribution in [2.45, 2.75) is 89.4 Å². The van der Waals surface area contributed by atoms with E-state index in [4.69, 9.17) is 30.5 Å². The van der Waals surface area contributed by atoms with E-state index in [1.54, 1.807) is 24.0 Å². The predicted molar refractivity (Wildman–Crippen MR) is 199 cm³/mol. The number of benzene rings is 1. The summed E-state index contributed by atoms with van der Waals surface area (Å²) in [6, 6.07) is 6.04. The molecule has 3 heterocycles. The Balaban J connectivity index is 1.38. The Kier molecular flexibility index (Phi) is 11.5. The van der Waals surface area contributed by atoms with E-state index in [-0.39, 0.29) is 35.5 Å². The van der Waals surface area contributed by atoms with Crippen molar-refractivity contribution in [2.24, 2.45) is 11.8 Å². The Morgan fingerprint density at radius 3 is 2.75 bits per heavy atom. The van der Waals surface area contributed by atoms with Crippen molar-refractivity contribution < 1.29 is 37.0 Å². The number of nitrogens with zero attached hydrogens (tertiary/aromatic N) is 2. The summed E-state index contributed by atoms with van der Waals surface area (Å²) >= 11 is 6.44. The topological polar surface area (TPSA) is 124 Å². The van der Waals surface area contributed by atoms with Gasteiger partial charge in [0.15, 0.2) is 0 Å². The zero-order valence-electron chi connectivity index (χ0n) is 30.7. The zero-order valence-corrected chi connectivity index (χ0v) is 32.3. The van der Waals surface area contributed by atoms with Gasteiger partial charge in [-0.05, 0) is 108 Å². The zero-order chi connectivity index (χ0) is 37.3. The number of hydrogen-bond donors (Lipinski definition) is 1. The van der Waals surface area contributed by atoms with Crippen LogP contribution in [0.15, 0.2) is 65.4 Å². The molecule has 0 unspecified atom stereocenters. The molecular formula is C39H52ClN3O8S. The van der Waals surface area contributed by atoms with Crippen LogP contribution in [0.4, 0.5) is 4.79 Å². The predicted octanol–water partition coefficient (Wildman–Crippen LogP) is 6.00. The molecule has 52 heavy (non-hydrogen) atoms. The number of ether oxygens (including phenoxy) is 4. The van der Waals surface area contributed by atoms with E-state index in [0.29, 0.717) is 55.9 Å². The average molecular weight is 758 g/mol. The first-order valence-corrected chi connectivity index (χ1v) is 20.3. The van der Waals surface area contributed by atoms with Crippen molar-refractivity contribution in [3.8, 4) is 0 Å². The number of aryl methyl sites for hydroxylation is 1. The molecule has 5 atom stereocenters. The molecule has 2 saturated heterocycles. The summed E-state index contributed by atoms with van der Waals surface area (Å²) in [6.45, 7) is 14.0. The number of carbonyl (C=O) groups is 2. The van der Waals surface area contributed by atoms with E-state index < -0.39 is 33.1 Å². The molecular weight excluding hydrogens is 706 g/mol. The molecule has 2 aliphatic carbocycles. The van der Waals surface area contributed by atoms with Gasteiger partial charge in [-0.25, -0.2) is 17.9 Å². The summed E-state index contributed by atoms with van der Waals surface area (Å²) in [5, 5.41) is 0.687. The highest BCUT2D eigenvalue weighted by atomic mass is 35.5. The molecule has 3 aliphatic heterocycles. The first-order chi connectivity index (χ1) is 24.7. The van der Waals surface area contributed by atoms with Gasteiger partial charge in [0, 0.05) is 42.6 Å². The van der Waals surface area contributed by atoms with Gasteiger partial charge in [-0.3, -0.25) is 4.79 Å². The van der Waals surface area contributed by atoms with E-state index in [1.165, 1.54) is 31.1 Å². The quantitative estimate of drug-likeness (QED) is 0.370. The highest BCUT2D eigenvalue weighted by molar-refractivity contribution is 7.94. The molecule has 1 spiro atoms. The van der Waals surface area contributed by atoms with E-state index in [9.17, 15) is 18.0 Å². The van der Waals surface area contributed by atoms with Crippen LogP contribution in [-0.4, -0.2) is 94.0 Å². The van der Waals surface area contributed by atoms with Gasteiger partial charge in [0.1, 0.15) is 17.5 Å². The summed E-state index contributed by atoms with van der Waals surface area (Å²) in [7, 11) is -4.30. The summed E-state index contributed by atoms with van der Waals surface area (Å²) < 4.78 is 54.1. The smallest absolute Gasteiger partial charge is 0.410 e. The minimum Gasteiger partial charge on any atom is -0.491 e. The number of allylic oxidation sites excluding steroid dienone is 2. The molecule has 11 nitrogen and oxygen atoms in total. The number of carbonyl (C=O) groups excluding carboxylic acids is 2. The molecule has 13 heteroatoms. The summed E-state index contributed by atoms with van der Waals surface area (Å²) in [4.78, 5) is 30.7. The number of amides is 2. The maximum absolute atomic E-state index is 13.7. The van der Waals surface area contributed by atoms with Crippen molar-refractivity contribution in [3.63, 3.8) is 0 Å². The van der Waals surface area contributed by atoms with E-state index in [1.807, 2.05) is 25.1 Å². The highest BCUT2D eigenvalue weighted by Crippen LogP contribution is 2.46. The molecule has 5 aliphatic rings. The van der Waals surface area contributed by atoms with E-state index in [2.05, 4.69) is 22.3 Å². The molecule has 6 rings (SSSR count). The van der Waals surface area contributed by atoms with E-state index in [0.717, 1.165) is 38.5 Å². The van der Waals surface area contributed by atoms with Crippen LogP contribution in [0.1, 0.15) is 70.9 Å². The number of hydrogen-bond acceptors (Lipinski definition) is 9. The molecule has 0 radical (unpaired) electrons. The standard InChI is InChI=1S/C39H52ClN3O8S/c1-6-31-21-34-26(3)49-25-39(17-8-10-27-20-29(40)13-15-33(27)39)24-43(34)22-28-12-14-32(28)35(51-37(45)42-18-16-30(23-42)48-7-2)11-9-19-50-38(4,5)36(44)41-52(31,46)47/h6,9,11,13,15,20-21,28,30,32,35H,3,7-8,10,12,14,16-19,22-25H2,1-2,4-5H3,(H,41,44)/b11-9+,31-6+,34-21?/t28-,30+,32+,35-,39-/m0/s1. The Hall–Kier alpha value is -3.32. The lowest BCUT2D eigenvalue weighted by Gasteiger charge is -2.46. The first-order valence-electron chi connectivity index (χ1n) is 18.4. The number of fused-ring (bicyclic) bond motifs is 4. The third-order valence-electron chi connectivity index (χ3n) is 11.3. The van der Waals surface area contributed by atoms with Crippen LogP contribution in [0.2, 0.25) is 5.02 Å². The summed E-state index contributed by atoms with van der Waals surface area (Å²) in [5.74, 6) is -0.366. The van der Waals surface area contributed by atoms with Crippen LogP contribution in [0.25, 0.3) is 0 Å². The van der Waals surface area contributed by atoms with Gasteiger partial charge in [-0.2, -0.15) is 0 Å².